The van der Waals surface area contributed by atoms with Crippen LogP contribution in [-0.4, -0.2) is 56.2 Å². The molecule has 2 N–H and O–H groups in total. The highest BCUT2D eigenvalue weighted by Crippen LogP contribution is 2.49. The van der Waals surface area contributed by atoms with E-state index in [1.807, 2.05) is 86.5 Å². The van der Waals surface area contributed by atoms with Gasteiger partial charge in [0.05, 0.1) is 4.90 Å². The highest BCUT2D eigenvalue weighted by Gasteiger charge is 2.55. The van der Waals surface area contributed by atoms with E-state index in [4.69, 9.17) is 9.92 Å². The van der Waals surface area contributed by atoms with Crippen LogP contribution in [0.5, 0.6) is 0 Å². The molecule has 39 heavy (non-hydrogen) atoms. The van der Waals surface area contributed by atoms with Crippen molar-refractivity contribution >= 4 is 16.0 Å². The average Bonchev–Trinajstić information content (AvgIpc) is 3.50. The highest BCUT2D eigenvalue weighted by molar-refractivity contribution is 7.86. The Morgan fingerprint density at radius 1 is 0.923 bits per heavy atom. The Morgan fingerprint density at radius 3 is 2.03 bits per heavy atom. The Hall–Kier alpha value is -3.04. The second kappa shape index (κ2) is 10.5. The van der Waals surface area contributed by atoms with Gasteiger partial charge in [-0.1, -0.05) is 78.4 Å². The first-order valence-corrected chi connectivity index (χ1v) is 14.9. The van der Waals surface area contributed by atoms with Crippen LogP contribution >= 0.6 is 0 Å². The molecule has 3 aromatic rings. The summed E-state index contributed by atoms with van der Waals surface area (Å²) in [5, 5.41) is 0. The molecule has 1 unspecified atom stereocenters. The minimum Gasteiger partial charge on any atom is -0.369 e. The molecule has 0 radical (unpaired) electrons. The summed E-state index contributed by atoms with van der Waals surface area (Å²) in [6.07, 6.45) is 2.26. The van der Waals surface area contributed by atoms with Crippen molar-refractivity contribution in [3.05, 3.63) is 102 Å². The van der Waals surface area contributed by atoms with Crippen molar-refractivity contribution in [2.24, 2.45) is 11.7 Å². The van der Waals surface area contributed by atoms with Gasteiger partial charge in [0.15, 0.2) is 5.85 Å². The first-order valence-electron chi connectivity index (χ1n) is 13.5. The van der Waals surface area contributed by atoms with Gasteiger partial charge in [0.2, 0.25) is 5.91 Å². The van der Waals surface area contributed by atoms with E-state index in [1.165, 1.54) is 0 Å². The van der Waals surface area contributed by atoms with Crippen molar-refractivity contribution < 1.29 is 17.4 Å². The molecule has 0 spiro atoms. The predicted molar refractivity (Wildman–Crippen MR) is 151 cm³/mol. The van der Waals surface area contributed by atoms with Crippen LogP contribution in [0.1, 0.15) is 42.9 Å². The summed E-state index contributed by atoms with van der Waals surface area (Å²) in [7, 11) is -2.13. The van der Waals surface area contributed by atoms with Gasteiger partial charge >= 0.3 is 0 Å². The summed E-state index contributed by atoms with van der Waals surface area (Å²) in [5.74, 6) is -1.59. The highest BCUT2D eigenvalue weighted by atomic mass is 32.2. The number of rotatable bonds is 8. The van der Waals surface area contributed by atoms with Gasteiger partial charge in [0.25, 0.3) is 10.1 Å². The standard InChI is InChI=1S/C31H37N3O4S/c1-23-14-18-28(19-15-23)39(36,37)38-30(2)33(3)20-21-34(30)27-17-16-26(22-27)31(29(32)35,24-10-6-4-7-11-24)25-12-8-5-9-13-25/h4-15,18-19,26-27H,16-17,20-22H2,1-3H3,(H2,32,35)/t26-,27+,30?/m1/s1. The Balaban J connectivity index is 1.48. The van der Waals surface area contributed by atoms with Gasteiger partial charge in [-0.25, -0.2) is 4.18 Å². The molecule has 8 heteroatoms. The van der Waals surface area contributed by atoms with Crippen molar-refractivity contribution in [1.29, 1.82) is 0 Å². The topological polar surface area (TPSA) is 92.9 Å². The quantitative estimate of drug-likeness (QED) is 0.424. The van der Waals surface area contributed by atoms with Crippen molar-refractivity contribution in [2.75, 3.05) is 20.1 Å². The maximum Gasteiger partial charge on any atom is 0.299 e. The van der Waals surface area contributed by atoms with E-state index >= 15 is 0 Å². The number of benzene rings is 3. The number of nitrogens with two attached hydrogens (primary N) is 1. The largest absolute Gasteiger partial charge is 0.369 e. The molecule has 7 nitrogen and oxygen atoms in total. The number of hydrogen-bond acceptors (Lipinski definition) is 6. The Bertz CT molecular complexity index is 1370. The number of primary amides is 1. The summed E-state index contributed by atoms with van der Waals surface area (Å²) < 4.78 is 32.7. The van der Waals surface area contributed by atoms with Gasteiger partial charge in [0, 0.05) is 19.1 Å². The monoisotopic (exact) mass is 547 g/mol. The number of amides is 1. The van der Waals surface area contributed by atoms with E-state index in [9.17, 15) is 13.2 Å². The van der Waals surface area contributed by atoms with Crippen LogP contribution in [0.3, 0.4) is 0 Å². The van der Waals surface area contributed by atoms with Crippen LogP contribution < -0.4 is 5.73 Å². The van der Waals surface area contributed by atoms with Gasteiger partial charge in [-0.15, -0.1) is 0 Å². The molecule has 1 aliphatic carbocycles. The first kappa shape index (κ1) is 27.5. The fraction of sp³-hybridized carbons (Fsp3) is 0.387. The van der Waals surface area contributed by atoms with Crippen LogP contribution in [0.25, 0.3) is 0 Å². The maximum absolute atomic E-state index is 13.5. The van der Waals surface area contributed by atoms with Crippen LogP contribution in [0, 0.1) is 12.8 Å². The number of carbonyl (C=O) groups excluding carboxylic acids is 1. The Kier molecular flexibility index (Phi) is 7.41. The van der Waals surface area contributed by atoms with Crippen LogP contribution in [0.2, 0.25) is 0 Å². The van der Waals surface area contributed by atoms with Gasteiger partial charge < -0.3 is 5.73 Å². The second-order valence-corrected chi connectivity index (χ2v) is 12.5. The smallest absolute Gasteiger partial charge is 0.299 e. The SMILES string of the molecule is Cc1ccc(S(=O)(=O)OC2(C)N(C)CCN2[C@H]2CC[C@@H](C(C(N)=O)(c3ccccc3)c3ccccc3)C2)cc1. The maximum atomic E-state index is 13.5. The summed E-state index contributed by atoms with van der Waals surface area (Å²) in [4.78, 5) is 17.7. The van der Waals surface area contributed by atoms with Gasteiger partial charge in [-0.3, -0.25) is 14.6 Å². The van der Waals surface area contributed by atoms with E-state index in [-0.39, 0.29) is 22.8 Å². The Morgan fingerprint density at radius 2 is 1.49 bits per heavy atom. The number of nitrogens with zero attached hydrogens (tertiary/aromatic N) is 2. The molecule has 3 atom stereocenters. The molecule has 5 rings (SSSR count). The fourth-order valence-electron chi connectivity index (χ4n) is 6.65. The predicted octanol–water partition coefficient (Wildman–Crippen LogP) is 4.26. The lowest BCUT2D eigenvalue weighted by molar-refractivity contribution is -0.138. The van der Waals surface area contributed by atoms with E-state index in [1.54, 1.807) is 24.3 Å². The third-order valence-electron chi connectivity index (χ3n) is 8.80. The third kappa shape index (κ3) is 4.80. The molecule has 0 bridgehead atoms. The van der Waals surface area contributed by atoms with Gasteiger partial charge in [-0.2, -0.15) is 8.42 Å². The molecule has 1 saturated carbocycles. The minimum atomic E-state index is -4.01. The van der Waals surface area contributed by atoms with Gasteiger partial charge in [0.1, 0.15) is 5.41 Å². The molecular weight excluding hydrogens is 510 g/mol. The van der Waals surface area contributed by atoms with Crippen LogP contribution in [0.15, 0.2) is 89.8 Å². The zero-order chi connectivity index (χ0) is 27.8. The molecular formula is C31H37N3O4S. The van der Waals surface area contributed by atoms with Crippen molar-refractivity contribution in [3.63, 3.8) is 0 Å². The molecule has 2 fully saturated rings. The molecule has 0 aromatic heterocycles. The summed E-state index contributed by atoms with van der Waals surface area (Å²) in [5.41, 5.74) is 8.04. The normalized spacial score (nSPS) is 24.7. The zero-order valence-corrected chi connectivity index (χ0v) is 23.6. The van der Waals surface area contributed by atoms with Crippen molar-refractivity contribution in [2.45, 2.75) is 55.3 Å². The second-order valence-electron chi connectivity index (χ2n) is 11.0. The van der Waals surface area contributed by atoms with Crippen LogP contribution in [-0.2, 0) is 24.5 Å². The molecule has 1 heterocycles. The molecule has 1 saturated heterocycles. The lowest BCUT2D eigenvalue weighted by Gasteiger charge is -2.42. The minimum absolute atomic E-state index is 0.0179. The summed E-state index contributed by atoms with van der Waals surface area (Å²) >= 11 is 0. The summed E-state index contributed by atoms with van der Waals surface area (Å²) in [6, 6.07) is 26.3. The van der Waals surface area contributed by atoms with Crippen molar-refractivity contribution in [3.8, 4) is 0 Å². The van der Waals surface area contributed by atoms with Crippen LogP contribution in [0.4, 0.5) is 0 Å². The average molecular weight is 548 g/mol. The van der Waals surface area contributed by atoms with E-state index < -0.39 is 21.4 Å². The lowest BCUT2D eigenvalue weighted by atomic mass is 9.64. The number of carbonyl (C=O) groups is 1. The van der Waals surface area contributed by atoms with E-state index in [0.717, 1.165) is 29.5 Å². The molecule has 206 valence electrons. The van der Waals surface area contributed by atoms with E-state index in [0.29, 0.717) is 19.5 Å². The zero-order valence-electron chi connectivity index (χ0n) is 22.8. The molecule has 1 amide bonds. The molecule has 2 aliphatic rings. The molecule has 1 aliphatic heterocycles. The fourth-order valence-corrected chi connectivity index (χ4v) is 7.85. The molecule has 3 aromatic carbocycles. The lowest BCUT2D eigenvalue weighted by Crippen LogP contribution is -2.56. The van der Waals surface area contributed by atoms with E-state index in [2.05, 4.69) is 4.90 Å². The van der Waals surface area contributed by atoms with Crippen molar-refractivity contribution in [1.82, 2.24) is 9.80 Å². The Labute approximate surface area is 231 Å². The number of likely N-dealkylation sites (N-methyl/N-ethyl adjacent to an activating group) is 1. The number of aryl methyl sites for hydroxylation is 1. The third-order valence-corrected chi connectivity index (χ3v) is 10.2. The first-order chi connectivity index (χ1) is 18.6. The van der Waals surface area contributed by atoms with Gasteiger partial charge in [-0.05, 0) is 69.3 Å². The number of hydrogen-bond donors (Lipinski definition) is 1. The summed E-state index contributed by atoms with van der Waals surface area (Å²) in [6.45, 7) is 5.07.